The maximum Gasteiger partial charge on any atom is 0.315 e. The summed E-state index contributed by atoms with van der Waals surface area (Å²) in [7, 11) is 0. The highest BCUT2D eigenvalue weighted by Crippen LogP contribution is 2.11. The van der Waals surface area contributed by atoms with E-state index in [0.29, 0.717) is 25.8 Å². The molecule has 0 rings (SSSR count). The van der Waals surface area contributed by atoms with Gasteiger partial charge >= 0.3 is 19.2 Å². The molecule has 5 heteroatoms. The molecule has 4 nitrogen and oxygen atoms in total. The van der Waals surface area contributed by atoms with E-state index in [-0.39, 0.29) is 12.4 Å². The molecule has 0 aliphatic carbocycles. The van der Waals surface area contributed by atoms with Gasteiger partial charge in [-0.25, -0.2) is 14.4 Å². The Hall–Kier alpha value is -0.740. The summed E-state index contributed by atoms with van der Waals surface area (Å²) in [5.41, 5.74) is 0. The monoisotopic (exact) mass is 305 g/mol. The second kappa shape index (κ2) is 14.7. The molecule has 0 spiro atoms. The molecule has 0 heterocycles. The van der Waals surface area contributed by atoms with E-state index in [1.807, 2.05) is 0 Å². The van der Waals surface area contributed by atoms with Crippen LogP contribution < -0.4 is 12.4 Å². The van der Waals surface area contributed by atoms with Crippen molar-refractivity contribution in [3.8, 4) is 0 Å². The first-order valence-corrected chi connectivity index (χ1v) is 7.51. The first kappa shape index (κ1) is 21.6. The molecule has 118 valence electrons. The van der Waals surface area contributed by atoms with Gasteiger partial charge in [0, 0.05) is 0 Å². The predicted octanol–water partition coefficient (Wildman–Crippen LogP) is 0.197. The number of unbranched alkanes of at least 4 members (excludes halogenated alkanes) is 9. The van der Waals surface area contributed by atoms with Gasteiger partial charge in [0.15, 0.2) is 0 Å². The molecule has 0 saturated heterocycles. The molecule has 0 aliphatic rings. The number of halogens is 1. The molecule has 0 aromatic rings. The van der Waals surface area contributed by atoms with E-state index >= 15 is 0 Å². The summed E-state index contributed by atoms with van der Waals surface area (Å²) in [6, 6.07) is 0. The first-order valence-electron chi connectivity index (χ1n) is 7.51. The van der Waals surface area contributed by atoms with Gasteiger partial charge < -0.3 is 12.4 Å². The lowest BCUT2D eigenvalue weighted by atomic mass is 10.1. The normalized spacial score (nSPS) is 10.7. The summed E-state index contributed by atoms with van der Waals surface area (Å²) in [5, 5.41) is 0. The zero-order chi connectivity index (χ0) is 14.4. The van der Waals surface area contributed by atoms with Crippen molar-refractivity contribution in [3.63, 3.8) is 0 Å². The third kappa shape index (κ3) is 10.1. The number of quaternary nitrogens is 1. The van der Waals surface area contributed by atoms with Crippen molar-refractivity contribution in [1.82, 2.24) is 0 Å². The maximum atomic E-state index is 10.7. The molecular formula is C15H28ClNO3. The molecule has 3 amide bonds. The Morgan fingerprint density at radius 3 is 1.35 bits per heavy atom. The van der Waals surface area contributed by atoms with E-state index in [9.17, 15) is 14.4 Å². The Bertz CT molecular complexity index is 238. The average molecular weight is 306 g/mol. The van der Waals surface area contributed by atoms with Gasteiger partial charge in [-0.15, -0.1) is 4.48 Å². The molecule has 0 unspecified atom stereocenters. The van der Waals surface area contributed by atoms with Gasteiger partial charge in [-0.1, -0.05) is 58.3 Å². The third-order valence-corrected chi connectivity index (χ3v) is 3.49. The first-order chi connectivity index (χ1) is 9.24. The highest BCUT2D eigenvalue weighted by molar-refractivity contribution is 5.69. The molecule has 0 aromatic carbocycles. The molecule has 0 atom stereocenters. The minimum atomic E-state index is -0.711. The van der Waals surface area contributed by atoms with E-state index in [0.717, 1.165) is 19.3 Å². The van der Waals surface area contributed by atoms with Gasteiger partial charge in [-0.05, 0) is 12.8 Å². The van der Waals surface area contributed by atoms with Crippen LogP contribution >= 0.6 is 0 Å². The Morgan fingerprint density at radius 2 is 1.00 bits per heavy atom. The van der Waals surface area contributed by atoms with Crippen LogP contribution in [0.25, 0.3) is 0 Å². The lowest BCUT2D eigenvalue weighted by molar-refractivity contribution is -0.672. The minimum Gasteiger partial charge on any atom is -1.00 e. The number of amides is 3. The fraction of sp³-hybridized carbons (Fsp3) is 0.800. The van der Waals surface area contributed by atoms with Crippen molar-refractivity contribution in [2.24, 2.45) is 0 Å². The van der Waals surface area contributed by atoms with Crippen LogP contribution in [-0.2, 0) is 14.4 Å². The third-order valence-electron chi connectivity index (χ3n) is 3.49. The van der Waals surface area contributed by atoms with Gasteiger partial charge in [0.1, 0.15) is 0 Å². The summed E-state index contributed by atoms with van der Waals surface area (Å²) in [4.78, 5) is 32.1. The van der Waals surface area contributed by atoms with E-state index < -0.39 is 4.48 Å². The number of nitrogens with zero attached hydrogens (tertiary/aromatic N) is 1. The van der Waals surface area contributed by atoms with Crippen LogP contribution in [-0.4, -0.2) is 30.3 Å². The second-order valence-corrected chi connectivity index (χ2v) is 5.22. The Kier molecular flexibility index (Phi) is 15.8. The summed E-state index contributed by atoms with van der Waals surface area (Å²) < 4.78 is -0.711. The summed E-state index contributed by atoms with van der Waals surface area (Å²) >= 11 is 0. The van der Waals surface area contributed by atoms with Crippen LogP contribution in [0, 0.1) is 0 Å². The zero-order valence-electron chi connectivity index (χ0n) is 12.6. The van der Waals surface area contributed by atoms with Gasteiger partial charge in [-0.3, -0.25) is 0 Å². The van der Waals surface area contributed by atoms with Crippen molar-refractivity contribution < 1.29 is 31.3 Å². The van der Waals surface area contributed by atoms with Crippen LogP contribution in [0.3, 0.4) is 0 Å². The standard InChI is InChI=1S/C15H28NO3.ClH/c1-2-3-4-5-6-7-8-9-10-11-12-16(13-17,14-18)15-19;/h13-15H,2-12H2,1H3;1H/q+1;/p-1. The molecule has 0 fully saturated rings. The molecular weight excluding hydrogens is 278 g/mol. The van der Waals surface area contributed by atoms with Gasteiger partial charge in [0.2, 0.25) is 0 Å². The van der Waals surface area contributed by atoms with E-state index in [2.05, 4.69) is 6.92 Å². The lowest BCUT2D eigenvalue weighted by Crippen LogP contribution is -3.00. The molecule has 0 radical (unpaired) electrons. The van der Waals surface area contributed by atoms with Crippen molar-refractivity contribution in [2.75, 3.05) is 6.54 Å². The number of hydrogen-bond donors (Lipinski definition) is 0. The SMILES string of the molecule is CCCCCCCCCCCC[N+](C=O)(C=O)C=O.[Cl-]. The average Bonchev–Trinajstić information content (AvgIpc) is 2.46. The number of rotatable bonds is 14. The highest BCUT2D eigenvalue weighted by Gasteiger charge is 2.25. The molecule has 0 bridgehead atoms. The van der Waals surface area contributed by atoms with Crippen molar-refractivity contribution in [3.05, 3.63) is 0 Å². The van der Waals surface area contributed by atoms with Crippen LogP contribution in [0.5, 0.6) is 0 Å². The van der Waals surface area contributed by atoms with Crippen molar-refractivity contribution >= 4 is 19.2 Å². The van der Waals surface area contributed by atoms with Crippen LogP contribution in [0.15, 0.2) is 0 Å². The Balaban J connectivity index is 0. The van der Waals surface area contributed by atoms with Gasteiger partial charge in [0.25, 0.3) is 0 Å². The fourth-order valence-corrected chi connectivity index (χ4v) is 2.11. The van der Waals surface area contributed by atoms with Crippen LogP contribution in [0.2, 0.25) is 0 Å². The van der Waals surface area contributed by atoms with Gasteiger partial charge in [-0.2, -0.15) is 0 Å². The Labute approximate surface area is 128 Å². The minimum absolute atomic E-state index is 0. The lowest BCUT2D eigenvalue weighted by Gasteiger charge is -2.15. The summed E-state index contributed by atoms with van der Waals surface area (Å²) in [6.45, 7) is 2.52. The number of imide groups is 3. The number of carbonyl (C=O) groups excluding carboxylic acids is 3. The molecule has 0 aliphatic heterocycles. The van der Waals surface area contributed by atoms with Crippen molar-refractivity contribution in [1.29, 1.82) is 0 Å². The van der Waals surface area contributed by atoms with E-state index in [1.165, 1.54) is 44.9 Å². The smallest absolute Gasteiger partial charge is 0.315 e. The molecule has 20 heavy (non-hydrogen) atoms. The van der Waals surface area contributed by atoms with Gasteiger partial charge in [0.05, 0.1) is 6.54 Å². The van der Waals surface area contributed by atoms with E-state index in [4.69, 9.17) is 0 Å². The maximum absolute atomic E-state index is 10.7. The van der Waals surface area contributed by atoms with E-state index in [1.54, 1.807) is 0 Å². The predicted molar refractivity (Wildman–Crippen MR) is 75.2 cm³/mol. The van der Waals surface area contributed by atoms with Crippen LogP contribution in [0.1, 0.15) is 71.1 Å². The number of hydrogen-bond acceptors (Lipinski definition) is 3. The fourth-order valence-electron chi connectivity index (χ4n) is 2.11. The van der Waals surface area contributed by atoms with Crippen LogP contribution in [0.4, 0.5) is 0 Å². The summed E-state index contributed by atoms with van der Waals surface area (Å²) in [6.07, 6.45) is 13.1. The highest BCUT2D eigenvalue weighted by atomic mass is 35.5. The molecule has 0 saturated carbocycles. The Morgan fingerprint density at radius 1 is 0.650 bits per heavy atom. The second-order valence-electron chi connectivity index (χ2n) is 5.22. The molecule has 0 aromatic heterocycles. The largest absolute Gasteiger partial charge is 1.00 e. The summed E-state index contributed by atoms with van der Waals surface area (Å²) in [5.74, 6) is 0. The molecule has 0 N–H and O–H groups in total. The topological polar surface area (TPSA) is 51.2 Å². The van der Waals surface area contributed by atoms with Crippen molar-refractivity contribution in [2.45, 2.75) is 71.1 Å². The quantitative estimate of drug-likeness (QED) is 0.262. The zero-order valence-corrected chi connectivity index (χ0v) is 13.3. The number of carbonyl (C=O) groups is 3.